The van der Waals surface area contributed by atoms with Gasteiger partial charge in [-0.15, -0.1) is 0 Å². The normalized spacial score (nSPS) is 11.5. The Hall–Kier alpha value is -1.66. The van der Waals surface area contributed by atoms with Crippen molar-refractivity contribution >= 4 is 0 Å². The predicted octanol–water partition coefficient (Wildman–Crippen LogP) is 7.57. The molecule has 0 radical (unpaired) electrons. The van der Waals surface area contributed by atoms with Gasteiger partial charge >= 0.3 is 0 Å². The van der Waals surface area contributed by atoms with Gasteiger partial charge in [0.15, 0.2) is 13.5 Å². The number of hydrogen-bond acceptors (Lipinski definition) is 2. The smallest absolute Gasteiger partial charge is 0.245 e. The second-order valence-electron chi connectivity index (χ2n) is 11.1. The summed E-state index contributed by atoms with van der Waals surface area (Å²) in [5.41, 5.74) is 0. The summed E-state index contributed by atoms with van der Waals surface area (Å²) >= 11 is 0. The summed E-state index contributed by atoms with van der Waals surface area (Å²) in [6, 6.07) is 0. The van der Waals surface area contributed by atoms with Crippen LogP contribution in [0.3, 0.4) is 0 Å². The minimum absolute atomic E-state index is 0.632. The molecule has 0 aliphatic carbocycles. The molecule has 0 saturated heterocycles. The number of unbranched alkanes of at least 4 members (excludes halogenated alkanes) is 15. The highest BCUT2D eigenvalue weighted by Gasteiger charge is 2.05. The highest BCUT2D eigenvalue weighted by atomic mass is 16.5. The third-order valence-electron chi connectivity index (χ3n) is 7.34. The highest BCUT2D eigenvalue weighted by molar-refractivity contribution is 4.66. The van der Waals surface area contributed by atoms with Crippen LogP contribution in [0.5, 0.6) is 0 Å². The molecule has 0 unspecified atom stereocenters. The van der Waals surface area contributed by atoms with E-state index in [0.717, 1.165) is 39.1 Å². The SMILES string of the molecule is CCCCCCCCCCn1cc[n+](COCCCCOC[n+]2ccn(CCCCCCCCCC)c2)c1. The molecule has 0 aromatic carbocycles. The van der Waals surface area contributed by atoms with Crippen LogP contribution in [0.15, 0.2) is 37.4 Å². The fourth-order valence-electron chi connectivity index (χ4n) is 4.90. The van der Waals surface area contributed by atoms with E-state index >= 15 is 0 Å². The first-order valence-electron chi connectivity index (χ1n) is 16.1. The topological polar surface area (TPSA) is 36.1 Å². The summed E-state index contributed by atoms with van der Waals surface area (Å²) in [6.07, 6.45) is 36.8. The standard InChI is InChI=1S/C32H60N4O2/c1-3-5-7-9-11-13-15-17-21-33-23-25-35(29-33)31-37-27-19-20-28-38-32-36-26-24-34(30-36)22-18-16-14-12-10-8-6-4-2/h23-26,29-30H,3-22,27-28,31-32H2,1-2H3/q+2. The average molecular weight is 533 g/mol. The molecule has 0 atom stereocenters. The second kappa shape index (κ2) is 23.2. The van der Waals surface area contributed by atoms with Crippen LogP contribution in [0, 0.1) is 0 Å². The van der Waals surface area contributed by atoms with Crippen LogP contribution in [-0.4, -0.2) is 22.3 Å². The average Bonchev–Trinajstić information content (AvgIpc) is 3.58. The van der Waals surface area contributed by atoms with E-state index in [9.17, 15) is 0 Å². The lowest BCUT2D eigenvalue weighted by Gasteiger charge is -2.03. The molecule has 2 aromatic heterocycles. The van der Waals surface area contributed by atoms with Crippen molar-refractivity contribution in [2.45, 2.75) is 156 Å². The van der Waals surface area contributed by atoms with E-state index in [1.165, 1.54) is 103 Å². The zero-order chi connectivity index (χ0) is 26.9. The van der Waals surface area contributed by atoms with Crippen LogP contribution in [-0.2, 0) is 36.0 Å². The molecular formula is C32H60N4O2+2. The van der Waals surface area contributed by atoms with E-state index in [2.05, 4.69) is 69.6 Å². The monoisotopic (exact) mass is 532 g/mol. The van der Waals surface area contributed by atoms with Gasteiger partial charge < -0.3 is 9.47 Å². The van der Waals surface area contributed by atoms with Crippen molar-refractivity contribution < 1.29 is 18.6 Å². The van der Waals surface area contributed by atoms with Crippen molar-refractivity contribution in [1.82, 2.24) is 9.13 Å². The van der Waals surface area contributed by atoms with Gasteiger partial charge in [0.05, 0.1) is 26.3 Å². The van der Waals surface area contributed by atoms with Gasteiger partial charge in [-0.1, -0.05) is 90.9 Å². The predicted molar refractivity (Wildman–Crippen MR) is 156 cm³/mol. The van der Waals surface area contributed by atoms with E-state index in [1.807, 2.05) is 0 Å². The van der Waals surface area contributed by atoms with Gasteiger partial charge in [-0.3, -0.25) is 0 Å². The van der Waals surface area contributed by atoms with Crippen molar-refractivity contribution in [2.24, 2.45) is 0 Å². The van der Waals surface area contributed by atoms with Gasteiger partial charge in [-0.25, -0.2) is 18.3 Å². The first-order chi connectivity index (χ1) is 18.8. The maximum Gasteiger partial charge on any atom is 0.245 e. The zero-order valence-corrected chi connectivity index (χ0v) is 25.0. The Balaban J connectivity index is 1.38. The fraction of sp³-hybridized carbons (Fsp3) is 0.812. The molecule has 218 valence electrons. The second-order valence-corrected chi connectivity index (χ2v) is 11.1. The van der Waals surface area contributed by atoms with Crippen molar-refractivity contribution in [3.8, 4) is 0 Å². The van der Waals surface area contributed by atoms with Crippen molar-refractivity contribution in [3.63, 3.8) is 0 Å². The third-order valence-corrected chi connectivity index (χ3v) is 7.34. The van der Waals surface area contributed by atoms with Crippen LogP contribution in [0.1, 0.15) is 129 Å². The summed E-state index contributed by atoms with van der Waals surface area (Å²) in [6.45, 7) is 9.61. The highest BCUT2D eigenvalue weighted by Crippen LogP contribution is 2.10. The summed E-state index contributed by atoms with van der Waals surface area (Å²) in [4.78, 5) is 0. The van der Waals surface area contributed by atoms with E-state index in [0.29, 0.717) is 13.5 Å². The molecule has 2 rings (SSSR count). The number of aromatic nitrogens is 4. The van der Waals surface area contributed by atoms with Crippen molar-refractivity contribution in [2.75, 3.05) is 13.2 Å². The number of rotatable bonds is 27. The maximum atomic E-state index is 5.86. The summed E-state index contributed by atoms with van der Waals surface area (Å²) in [7, 11) is 0. The minimum Gasteiger partial charge on any atom is -0.342 e. The van der Waals surface area contributed by atoms with E-state index < -0.39 is 0 Å². The Kier molecular flexibility index (Phi) is 19.9. The first-order valence-corrected chi connectivity index (χ1v) is 16.1. The van der Waals surface area contributed by atoms with Crippen LogP contribution in [0.4, 0.5) is 0 Å². The van der Waals surface area contributed by atoms with E-state index in [1.54, 1.807) is 0 Å². The third kappa shape index (κ3) is 17.0. The van der Waals surface area contributed by atoms with Gasteiger partial charge in [-0.2, -0.15) is 0 Å². The molecule has 6 heteroatoms. The molecule has 0 spiro atoms. The fourth-order valence-corrected chi connectivity index (χ4v) is 4.90. The van der Waals surface area contributed by atoms with Crippen LogP contribution in [0.25, 0.3) is 0 Å². The van der Waals surface area contributed by atoms with Crippen LogP contribution >= 0.6 is 0 Å². The molecule has 0 N–H and O–H groups in total. The van der Waals surface area contributed by atoms with Crippen molar-refractivity contribution in [3.05, 3.63) is 37.4 Å². The lowest BCUT2D eigenvalue weighted by Crippen LogP contribution is -2.33. The number of hydrogen-bond donors (Lipinski definition) is 0. The van der Waals surface area contributed by atoms with E-state index in [4.69, 9.17) is 9.47 Å². The molecule has 0 amide bonds. The Morgan fingerprint density at radius 1 is 0.474 bits per heavy atom. The van der Waals surface area contributed by atoms with Crippen molar-refractivity contribution in [1.29, 1.82) is 0 Å². The van der Waals surface area contributed by atoms with Gasteiger partial charge in [0.1, 0.15) is 24.8 Å². The molecule has 0 fully saturated rings. The Labute approximate surface area is 234 Å². The molecule has 38 heavy (non-hydrogen) atoms. The summed E-state index contributed by atoms with van der Waals surface area (Å²) < 4.78 is 20.6. The number of nitrogens with zero attached hydrogens (tertiary/aromatic N) is 4. The van der Waals surface area contributed by atoms with Gasteiger partial charge in [0.2, 0.25) is 12.7 Å². The Morgan fingerprint density at radius 3 is 1.24 bits per heavy atom. The summed E-state index contributed by atoms with van der Waals surface area (Å²) in [5, 5.41) is 0. The molecule has 0 aliphatic rings. The molecule has 2 heterocycles. The number of ether oxygens (including phenoxy) is 2. The number of aryl methyl sites for hydroxylation is 2. The molecule has 0 saturated carbocycles. The Bertz CT molecular complexity index is 709. The maximum absolute atomic E-state index is 5.86. The van der Waals surface area contributed by atoms with Crippen LogP contribution < -0.4 is 9.13 Å². The molecule has 0 aliphatic heterocycles. The van der Waals surface area contributed by atoms with Crippen LogP contribution in [0.2, 0.25) is 0 Å². The lowest BCUT2D eigenvalue weighted by atomic mass is 10.1. The molecule has 2 aromatic rings. The summed E-state index contributed by atoms with van der Waals surface area (Å²) in [5.74, 6) is 0. The first kappa shape index (κ1) is 32.6. The lowest BCUT2D eigenvalue weighted by molar-refractivity contribution is -0.733. The van der Waals surface area contributed by atoms with Gasteiger partial charge in [0, 0.05) is 0 Å². The van der Waals surface area contributed by atoms with Gasteiger partial charge in [0.25, 0.3) is 0 Å². The van der Waals surface area contributed by atoms with E-state index in [-0.39, 0.29) is 0 Å². The van der Waals surface area contributed by atoms with Gasteiger partial charge in [-0.05, 0) is 38.5 Å². The molecule has 0 bridgehead atoms. The zero-order valence-electron chi connectivity index (χ0n) is 25.0. The largest absolute Gasteiger partial charge is 0.342 e. The Morgan fingerprint density at radius 2 is 0.842 bits per heavy atom. The quantitative estimate of drug-likeness (QED) is 0.0878. The number of imidazole rings is 2. The molecule has 6 nitrogen and oxygen atoms in total. The molecular weight excluding hydrogens is 472 g/mol. The minimum atomic E-state index is 0.632.